The lowest BCUT2D eigenvalue weighted by molar-refractivity contribution is 0.817. The molecule has 5 nitrogen and oxygen atoms in total. The summed E-state index contributed by atoms with van der Waals surface area (Å²) in [5.74, 6) is 0.216. The van der Waals surface area contributed by atoms with Crippen LogP contribution in [-0.2, 0) is 0 Å². The molecule has 5 N–H and O–H groups in total. The molecule has 1 aromatic carbocycles. The first-order valence-corrected chi connectivity index (χ1v) is 6.26. The summed E-state index contributed by atoms with van der Waals surface area (Å²) < 4.78 is 0. The van der Waals surface area contributed by atoms with Crippen molar-refractivity contribution in [3.8, 4) is 0 Å². The minimum Gasteiger partial charge on any atom is -0.383 e. The molecule has 6 heteroatoms. The van der Waals surface area contributed by atoms with Gasteiger partial charge in [0.2, 0.25) is 0 Å². The Morgan fingerprint density at radius 1 is 1.33 bits per heavy atom. The van der Waals surface area contributed by atoms with Crippen LogP contribution < -0.4 is 17.0 Å². The normalized spacial score (nSPS) is 12.3. The Hall–Kier alpha value is -1.79. The maximum Gasteiger partial charge on any atom is 0.253 e. The monoisotopic (exact) mass is 262 g/mol. The molecule has 0 fully saturated rings. The molecule has 94 valence electrons. The number of hydrogen-bond acceptors (Lipinski definition) is 5. The minimum absolute atomic E-state index is 0.00866. The molecular formula is C12H14N4OS. The Kier molecular flexibility index (Phi) is 3.69. The summed E-state index contributed by atoms with van der Waals surface area (Å²) in [7, 11) is 0. The number of nitrogens with one attached hydrogen (secondary N) is 1. The summed E-state index contributed by atoms with van der Waals surface area (Å²) in [6, 6.07) is 9.05. The van der Waals surface area contributed by atoms with E-state index in [4.69, 9.17) is 11.5 Å². The first-order valence-electron chi connectivity index (χ1n) is 5.45. The molecule has 2 rings (SSSR count). The second-order valence-electron chi connectivity index (χ2n) is 3.94. The largest absolute Gasteiger partial charge is 0.383 e. The molecule has 0 aliphatic rings. The van der Waals surface area contributed by atoms with Crippen LogP contribution in [-0.4, -0.2) is 9.97 Å². The lowest BCUT2D eigenvalue weighted by Crippen LogP contribution is -2.09. The van der Waals surface area contributed by atoms with E-state index in [0.29, 0.717) is 5.16 Å². The topological polar surface area (TPSA) is 97.8 Å². The number of nitrogens with two attached hydrogens (primary N) is 2. The van der Waals surface area contributed by atoms with E-state index in [1.165, 1.54) is 17.8 Å². The van der Waals surface area contributed by atoms with Gasteiger partial charge in [-0.2, -0.15) is 0 Å². The van der Waals surface area contributed by atoms with Crippen LogP contribution in [0.2, 0.25) is 0 Å². The van der Waals surface area contributed by atoms with Gasteiger partial charge in [0.05, 0.1) is 0 Å². The van der Waals surface area contributed by atoms with Crippen molar-refractivity contribution >= 4 is 17.6 Å². The third-order valence-corrected chi connectivity index (χ3v) is 3.25. The number of nitrogens with zero attached hydrogens (tertiary/aromatic N) is 1. The Labute approximate surface area is 109 Å². The zero-order valence-corrected chi connectivity index (χ0v) is 10.7. The van der Waals surface area contributed by atoms with Gasteiger partial charge in [-0.1, -0.05) is 23.9 Å². The van der Waals surface area contributed by atoms with Crippen LogP contribution >= 0.6 is 11.8 Å². The molecule has 0 spiro atoms. The summed E-state index contributed by atoms with van der Waals surface area (Å²) in [5.41, 5.74) is 12.1. The first-order chi connectivity index (χ1) is 8.54. The van der Waals surface area contributed by atoms with Crippen molar-refractivity contribution in [2.45, 2.75) is 23.0 Å². The van der Waals surface area contributed by atoms with Crippen LogP contribution in [0.4, 0.5) is 5.82 Å². The lowest BCUT2D eigenvalue weighted by Gasteiger charge is -2.06. The molecule has 0 aliphatic heterocycles. The van der Waals surface area contributed by atoms with Crippen LogP contribution in [0.15, 0.2) is 45.2 Å². The molecule has 0 amide bonds. The van der Waals surface area contributed by atoms with Crippen LogP contribution in [0.5, 0.6) is 0 Å². The Bertz CT molecular complexity index is 592. The van der Waals surface area contributed by atoms with E-state index in [-0.39, 0.29) is 17.4 Å². The third-order valence-electron chi connectivity index (χ3n) is 2.36. The molecule has 1 aromatic heterocycles. The number of aromatic amines is 1. The standard InChI is InChI=1S/C12H14N4OS/c1-7(13)8-2-4-9(5-3-8)18-12-15-10(14)6-11(17)16-12/h2-7H,13H2,1H3,(H3,14,15,16,17)/t7-/m0/s1. The molecule has 1 atom stereocenters. The second-order valence-corrected chi connectivity index (χ2v) is 5.00. The first kappa shape index (κ1) is 12.7. The molecule has 0 bridgehead atoms. The van der Waals surface area contributed by atoms with Gasteiger partial charge in [-0.25, -0.2) is 4.98 Å². The van der Waals surface area contributed by atoms with Gasteiger partial charge in [0.15, 0.2) is 5.16 Å². The van der Waals surface area contributed by atoms with Gasteiger partial charge < -0.3 is 16.5 Å². The molecule has 0 saturated carbocycles. The summed E-state index contributed by atoms with van der Waals surface area (Å²) in [5, 5.41) is 0.480. The average molecular weight is 262 g/mol. The van der Waals surface area contributed by atoms with E-state index in [1.54, 1.807) is 0 Å². The van der Waals surface area contributed by atoms with Crippen molar-refractivity contribution < 1.29 is 0 Å². The summed E-state index contributed by atoms with van der Waals surface area (Å²) in [6.07, 6.45) is 0. The number of anilines is 1. The maximum atomic E-state index is 11.2. The highest BCUT2D eigenvalue weighted by molar-refractivity contribution is 7.99. The van der Waals surface area contributed by atoms with Gasteiger partial charge in [-0.05, 0) is 24.6 Å². The molecule has 2 aromatic rings. The van der Waals surface area contributed by atoms with Crippen molar-refractivity contribution in [1.82, 2.24) is 9.97 Å². The summed E-state index contributed by atoms with van der Waals surface area (Å²) >= 11 is 1.35. The maximum absolute atomic E-state index is 11.2. The van der Waals surface area contributed by atoms with Gasteiger partial charge >= 0.3 is 0 Å². The number of hydrogen-bond donors (Lipinski definition) is 3. The van der Waals surface area contributed by atoms with E-state index >= 15 is 0 Å². The van der Waals surface area contributed by atoms with Gasteiger partial charge in [-0.15, -0.1) is 0 Å². The highest BCUT2D eigenvalue weighted by Crippen LogP contribution is 2.25. The van der Waals surface area contributed by atoms with Gasteiger partial charge in [0.1, 0.15) is 5.82 Å². The fourth-order valence-electron chi connectivity index (χ4n) is 1.45. The van der Waals surface area contributed by atoms with Crippen LogP contribution in [0, 0.1) is 0 Å². The number of aromatic nitrogens is 2. The minimum atomic E-state index is -0.253. The molecular weight excluding hydrogens is 248 g/mol. The number of rotatable bonds is 3. The van der Waals surface area contributed by atoms with E-state index in [2.05, 4.69) is 9.97 Å². The third kappa shape index (κ3) is 3.12. The Morgan fingerprint density at radius 3 is 2.56 bits per heavy atom. The average Bonchev–Trinajstić information content (AvgIpc) is 2.28. The zero-order valence-electron chi connectivity index (χ0n) is 9.88. The van der Waals surface area contributed by atoms with Crippen LogP contribution in [0.3, 0.4) is 0 Å². The number of nitrogen functional groups attached to an aromatic ring is 1. The molecule has 0 radical (unpaired) electrons. The molecule has 0 saturated heterocycles. The highest BCUT2D eigenvalue weighted by Gasteiger charge is 2.03. The van der Waals surface area contributed by atoms with Crippen molar-refractivity contribution in [3.05, 3.63) is 46.2 Å². The van der Waals surface area contributed by atoms with Crippen molar-refractivity contribution in [3.63, 3.8) is 0 Å². The quantitative estimate of drug-likeness (QED) is 0.729. The molecule has 18 heavy (non-hydrogen) atoms. The smallest absolute Gasteiger partial charge is 0.253 e. The Balaban J connectivity index is 2.20. The number of benzene rings is 1. The predicted molar refractivity (Wildman–Crippen MR) is 72.4 cm³/mol. The van der Waals surface area contributed by atoms with Crippen LogP contribution in [0.1, 0.15) is 18.5 Å². The van der Waals surface area contributed by atoms with Crippen molar-refractivity contribution in [2.75, 3.05) is 5.73 Å². The second kappa shape index (κ2) is 5.24. The zero-order chi connectivity index (χ0) is 13.1. The predicted octanol–water partition coefficient (Wildman–Crippen LogP) is 1.52. The highest BCUT2D eigenvalue weighted by atomic mass is 32.2. The fourth-order valence-corrected chi connectivity index (χ4v) is 2.25. The van der Waals surface area contributed by atoms with Crippen molar-refractivity contribution in [1.29, 1.82) is 0 Å². The fraction of sp³-hybridized carbons (Fsp3) is 0.167. The van der Waals surface area contributed by atoms with Gasteiger partial charge in [-0.3, -0.25) is 4.79 Å². The molecule has 0 aliphatic carbocycles. The van der Waals surface area contributed by atoms with E-state index in [1.807, 2.05) is 31.2 Å². The number of H-pyrrole nitrogens is 1. The van der Waals surface area contributed by atoms with E-state index < -0.39 is 0 Å². The molecule has 0 unspecified atom stereocenters. The lowest BCUT2D eigenvalue weighted by atomic mass is 10.1. The SMILES string of the molecule is C[C@H](N)c1ccc(Sc2nc(N)cc(=O)[nH]2)cc1. The van der Waals surface area contributed by atoms with E-state index in [0.717, 1.165) is 10.5 Å². The van der Waals surface area contributed by atoms with Gasteiger partial charge in [0, 0.05) is 17.0 Å². The van der Waals surface area contributed by atoms with Gasteiger partial charge in [0.25, 0.3) is 5.56 Å². The van der Waals surface area contributed by atoms with Crippen molar-refractivity contribution in [2.24, 2.45) is 5.73 Å². The summed E-state index contributed by atoms with van der Waals surface area (Å²) in [4.78, 5) is 18.9. The van der Waals surface area contributed by atoms with E-state index in [9.17, 15) is 4.79 Å². The Morgan fingerprint density at radius 2 is 2.00 bits per heavy atom. The molecule has 1 heterocycles. The summed E-state index contributed by atoms with van der Waals surface area (Å²) in [6.45, 7) is 1.93. The van der Waals surface area contributed by atoms with Crippen LogP contribution in [0.25, 0.3) is 0 Å².